The van der Waals surface area contributed by atoms with Gasteiger partial charge in [0, 0.05) is 26.0 Å². The van der Waals surface area contributed by atoms with Crippen molar-refractivity contribution in [1.82, 2.24) is 25.0 Å². The first kappa shape index (κ1) is 13.1. The van der Waals surface area contributed by atoms with Crippen LogP contribution in [0.3, 0.4) is 0 Å². The largest absolute Gasteiger partial charge is 0.404 e. The minimum atomic E-state index is -4.44. The highest BCUT2D eigenvalue weighted by Gasteiger charge is 2.61. The maximum absolute atomic E-state index is 13.3. The van der Waals surface area contributed by atoms with Crippen LogP contribution in [-0.4, -0.2) is 39.0 Å². The van der Waals surface area contributed by atoms with E-state index >= 15 is 0 Å². The summed E-state index contributed by atoms with van der Waals surface area (Å²) in [5.74, 6) is 0.0132. The summed E-state index contributed by atoms with van der Waals surface area (Å²) in [6.07, 6.45) is -1.38. The summed E-state index contributed by atoms with van der Waals surface area (Å²) in [6, 6.07) is 0. The summed E-state index contributed by atoms with van der Waals surface area (Å²) in [5.41, 5.74) is -2.11. The lowest BCUT2D eigenvalue weighted by Gasteiger charge is -2.26. The van der Waals surface area contributed by atoms with Crippen LogP contribution < -0.4 is 5.32 Å². The van der Waals surface area contributed by atoms with Crippen molar-refractivity contribution in [1.29, 1.82) is 0 Å². The van der Waals surface area contributed by atoms with Gasteiger partial charge in [-0.15, -0.1) is 0 Å². The number of rotatable bonds is 2. The topological polar surface area (TPSA) is 68.8 Å². The number of halogens is 3. The van der Waals surface area contributed by atoms with Crippen LogP contribution in [0.1, 0.15) is 12.3 Å². The predicted molar refractivity (Wildman–Crippen MR) is 61.7 cm³/mol. The third-order valence-corrected chi connectivity index (χ3v) is 3.55. The minimum absolute atomic E-state index is 0.0584. The Kier molecular flexibility index (Phi) is 2.82. The first-order chi connectivity index (χ1) is 9.44. The number of hydrogen-bond acceptors (Lipinski definition) is 5. The fraction of sp³-hybridized carbons (Fsp3) is 0.545. The zero-order chi connectivity index (χ0) is 14.4. The van der Waals surface area contributed by atoms with Crippen LogP contribution >= 0.6 is 0 Å². The molecule has 0 saturated carbocycles. The van der Waals surface area contributed by atoms with E-state index in [9.17, 15) is 13.2 Å². The molecule has 0 amide bonds. The van der Waals surface area contributed by atoms with Crippen LogP contribution in [0.15, 0.2) is 16.9 Å². The Morgan fingerprint density at radius 2 is 2.25 bits per heavy atom. The van der Waals surface area contributed by atoms with E-state index in [2.05, 4.69) is 20.4 Å². The summed E-state index contributed by atoms with van der Waals surface area (Å²) in [7, 11) is 1.70. The average molecular weight is 287 g/mol. The lowest BCUT2D eigenvalue weighted by atomic mass is 9.86. The third-order valence-electron chi connectivity index (χ3n) is 3.55. The van der Waals surface area contributed by atoms with E-state index in [1.807, 2.05) is 0 Å². The number of imidazole rings is 1. The molecule has 1 unspecified atom stereocenters. The highest BCUT2D eigenvalue weighted by molar-refractivity contribution is 5.42. The predicted octanol–water partition coefficient (Wildman–Crippen LogP) is 1.26. The van der Waals surface area contributed by atoms with E-state index in [0.717, 1.165) is 0 Å². The van der Waals surface area contributed by atoms with E-state index < -0.39 is 17.5 Å². The van der Waals surface area contributed by atoms with Gasteiger partial charge in [-0.3, -0.25) is 0 Å². The van der Waals surface area contributed by atoms with Crippen molar-refractivity contribution in [3.8, 4) is 11.6 Å². The van der Waals surface area contributed by atoms with Crippen LogP contribution in [0.4, 0.5) is 13.2 Å². The summed E-state index contributed by atoms with van der Waals surface area (Å²) in [5, 5.41) is 6.33. The van der Waals surface area contributed by atoms with Crippen LogP contribution in [0.25, 0.3) is 11.6 Å². The molecule has 9 heteroatoms. The van der Waals surface area contributed by atoms with Crippen molar-refractivity contribution >= 4 is 0 Å². The Morgan fingerprint density at radius 1 is 1.45 bits per heavy atom. The van der Waals surface area contributed by atoms with Crippen molar-refractivity contribution in [3.63, 3.8) is 0 Å². The van der Waals surface area contributed by atoms with Gasteiger partial charge < -0.3 is 14.4 Å². The number of hydrogen-bond donors (Lipinski definition) is 1. The van der Waals surface area contributed by atoms with Crippen molar-refractivity contribution in [2.45, 2.75) is 18.0 Å². The summed E-state index contributed by atoms with van der Waals surface area (Å²) >= 11 is 0. The first-order valence-electron chi connectivity index (χ1n) is 6.03. The van der Waals surface area contributed by atoms with Gasteiger partial charge in [-0.2, -0.15) is 18.2 Å². The molecule has 3 heterocycles. The molecule has 1 N–H and O–H groups in total. The number of alkyl halides is 3. The minimum Gasteiger partial charge on any atom is -0.338 e. The molecule has 0 radical (unpaired) electrons. The normalized spacial score (nSPS) is 23.4. The van der Waals surface area contributed by atoms with Gasteiger partial charge in [0.15, 0.2) is 11.2 Å². The van der Waals surface area contributed by atoms with Crippen LogP contribution in [0.5, 0.6) is 0 Å². The molecule has 0 aromatic carbocycles. The van der Waals surface area contributed by atoms with Crippen molar-refractivity contribution in [3.05, 3.63) is 18.3 Å². The molecule has 1 fully saturated rings. The van der Waals surface area contributed by atoms with E-state index in [1.165, 1.54) is 6.20 Å². The lowest BCUT2D eigenvalue weighted by Crippen LogP contribution is -2.44. The highest BCUT2D eigenvalue weighted by Crippen LogP contribution is 2.44. The Labute approximate surface area is 112 Å². The molecule has 1 aliphatic heterocycles. The fourth-order valence-electron chi connectivity index (χ4n) is 2.33. The summed E-state index contributed by atoms with van der Waals surface area (Å²) in [4.78, 5) is 7.91. The van der Waals surface area contributed by atoms with Crippen molar-refractivity contribution < 1.29 is 17.7 Å². The Balaban J connectivity index is 2.03. The van der Waals surface area contributed by atoms with Gasteiger partial charge in [0.05, 0.1) is 0 Å². The van der Waals surface area contributed by atoms with Gasteiger partial charge in [0.2, 0.25) is 11.7 Å². The fourth-order valence-corrected chi connectivity index (χ4v) is 2.33. The third kappa shape index (κ3) is 1.80. The Hall–Kier alpha value is -1.90. The second-order valence-electron chi connectivity index (χ2n) is 4.79. The highest BCUT2D eigenvalue weighted by atomic mass is 19.4. The Bertz CT molecular complexity index is 612. The number of nitrogens with zero attached hydrogens (tertiary/aromatic N) is 4. The lowest BCUT2D eigenvalue weighted by molar-refractivity contribution is -0.191. The van der Waals surface area contributed by atoms with Crippen molar-refractivity contribution in [2.24, 2.45) is 7.05 Å². The van der Waals surface area contributed by atoms with Crippen LogP contribution in [-0.2, 0) is 12.5 Å². The quantitative estimate of drug-likeness (QED) is 0.900. The molecule has 20 heavy (non-hydrogen) atoms. The molecule has 2 aromatic rings. The molecule has 1 aliphatic rings. The first-order valence-corrected chi connectivity index (χ1v) is 6.03. The molecule has 0 spiro atoms. The number of nitrogens with one attached hydrogen (secondary N) is 1. The van der Waals surface area contributed by atoms with E-state index in [-0.39, 0.29) is 25.3 Å². The second-order valence-corrected chi connectivity index (χ2v) is 4.79. The van der Waals surface area contributed by atoms with Gasteiger partial charge in [0.25, 0.3) is 0 Å². The molecular formula is C11H12F3N5O. The standard InChI is InChI=1S/C11H12F3N5O/c1-19-5-4-16-8(19)7-17-9(20-18-7)10(11(12,13)14)2-3-15-6-10/h4-5,15H,2-3,6H2,1H3. The molecule has 108 valence electrons. The summed E-state index contributed by atoms with van der Waals surface area (Å²) < 4.78 is 46.5. The smallest absolute Gasteiger partial charge is 0.338 e. The van der Waals surface area contributed by atoms with Gasteiger partial charge in [-0.05, 0) is 13.0 Å². The molecule has 2 aromatic heterocycles. The average Bonchev–Trinajstić information content (AvgIpc) is 3.06. The summed E-state index contributed by atoms with van der Waals surface area (Å²) in [6.45, 7) is 0.0122. The van der Waals surface area contributed by atoms with E-state index in [1.54, 1.807) is 17.8 Å². The molecule has 1 atom stereocenters. The number of aryl methyl sites for hydroxylation is 1. The monoisotopic (exact) mass is 287 g/mol. The van der Waals surface area contributed by atoms with E-state index in [0.29, 0.717) is 5.82 Å². The Morgan fingerprint density at radius 3 is 2.80 bits per heavy atom. The molecule has 0 aliphatic carbocycles. The maximum atomic E-state index is 13.3. The zero-order valence-corrected chi connectivity index (χ0v) is 10.6. The zero-order valence-electron chi connectivity index (χ0n) is 10.6. The van der Waals surface area contributed by atoms with Crippen LogP contribution in [0, 0.1) is 0 Å². The molecule has 6 nitrogen and oxygen atoms in total. The van der Waals surface area contributed by atoms with E-state index in [4.69, 9.17) is 4.52 Å². The van der Waals surface area contributed by atoms with Gasteiger partial charge in [-0.1, -0.05) is 5.16 Å². The maximum Gasteiger partial charge on any atom is 0.404 e. The molecule has 0 bridgehead atoms. The van der Waals surface area contributed by atoms with Gasteiger partial charge in [-0.25, -0.2) is 4.98 Å². The molecular weight excluding hydrogens is 275 g/mol. The van der Waals surface area contributed by atoms with Crippen molar-refractivity contribution in [2.75, 3.05) is 13.1 Å². The van der Waals surface area contributed by atoms with Gasteiger partial charge >= 0.3 is 6.18 Å². The molecule has 1 saturated heterocycles. The van der Waals surface area contributed by atoms with Gasteiger partial charge in [0.1, 0.15) is 0 Å². The molecule has 3 rings (SSSR count). The SMILES string of the molecule is Cn1ccnc1-c1noc(C2(C(F)(F)F)CCNC2)n1. The van der Waals surface area contributed by atoms with Crippen LogP contribution in [0.2, 0.25) is 0 Å². The number of aromatic nitrogens is 4. The second kappa shape index (κ2) is 4.30.